The molecule has 1 aromatic carbocycles. The van der Waals surface area contributed by atoms with Gasteiger partial charge >= 0.3 is 29.6 Å². The van der Waals surface area contributed by atoms with E-state index in [1.165, 1.54) is 30.2 Å². The first-order valence-electron chi connectivity index (χ1n) is 6.54. The number of carbonyl (C=O) groups is 1. The molecule has 0 bridgehead atoms. The van der Waals surface area contributed by atoms with E-state index in [0.717, 1.165) is 15.4 Å². The summed E-state index contributed by atoms with van der Waals surface area (Å²) in [6.45, 7) is 2.61. The van der Waals surface area contributed by atoms with Gasteiger partial charge in [-0.15, -0.1) is 11.3 Å². The molecular formula is C15H14NNaO3S. The van der Waals surface area contributed by atoms with Crippen molar-refractivity contribution in [1.29, 1.82) is 0 Å². The van der Waals surface area contributed by atoms with Gasteiger partial charge < -0.3 is 14.6 Å². The first kappa shape index (κ1) is 16.5. The zero-order valence-corrected chi connectivity index (χ0v) is 14.9. The van der Waals surface area contributed by atoms with Crippen LogP contribution in [0.4, 0.5) is 0 Å². The van der Waals surface area contributed by atoms with Crippen LogP contribution in [-0.2, 0) is 0 Å². The minimum Gasteiger partial charge on any atom is -0.545 e. The fourth-order valence-electron chi connectivity index (χ4n) is 1.91. The number of hydrogen-bond donors (Lipinski definition) is 0. The Morgan fingerprint density at radius 2 is 2.19 bits per heavy atom. The first-order valence-corrected chi connectivity index (χ1v) is 7.35. The number of carboxylic acid groups (broad SMARTS) is 1. The summed E-state index contributed by atoms with van der Waals surface area (Å²) in [4.78, 5) is 16.5. The summed E-state index contributed by atoms with van der Waals surface area (Å²) in [5.74, 6) is -0.00924. The van der Waals surface area contributed by atoms with Crippen molar-refractivity contribution in [3.05, 3.63) is 34.8 Å². The van der Waals surface area contributed by atoms with Crippen molar-refractivity contribution in [1.82, 2.24) is 4.98 Å². The SMILES string of the molecule is Cc1cnc(-c2cc(OCC3CC3)cc(C(=O)[O-])c2)s1.[Na+]. The van der Waals surface area contributed by atoms with Crippen LogP contribution in [0.1, 0.15) is 28.1 Å². The third-order valence-electron chi connectivity index (χ3n) is 3.19. The van der Waals surface area contributed by atoms with E-state index >= 15 is 0 Å². The van der Waals surface area contributed by atoms with Crippen LogP contribution in [0.2, 0.25) is 0 Å². The van der Waals surface area contributed by atoms with E-state index in [4.69, 9.17) is 4.74 Å². The molecule has 1 fully saturated rings. The number of rotatable bonds is 5. The number of thiazole rings is 1. The van der Waals surface area contributed by atoms with E-state index in [0.29, 0.717) is 18.3 Å². The van der Waals surface area contributed by atoms with Crippen LogP contribution < -0.4 is 39.4 Å². The maximum atomic E-state index is 11.1. The molecule has 6 heteroatoms. The number of nitrogens with zero attached hydrogens (tertiary/aromatic N) is 1. The number of ether oxygens (including phenoxy) is 1. The van der Waals surface area contributed by atoms with E-state index in [9.17, 15) is 9.90 Å². The van der Waals surface area contributed by atoms with Crippen molar-refractivity contribution >= 4 is 17.3 Å². The summed E-state index contributed by atoms with van der Waals surface area (Å²) in [7, 11) is 0. The molecule has 21 heavy (non-hydrogen) atoms. The molecule has 0 atom stereocenters. The molecule has 4 nitrogen and oxygen atoms in total. The molecular weight excluding hydrogens is 297 g/mol. The van der Waals surface area contributed by atoms with Crippen LogP contribution in [-0.4, -0.2) is 17.6 Å². The van der Waals surface area contributed by atoms with Crippen molar-refractivity contribution in [3.63, 3.8) is 0 Å². The van der Waals surface area contributed by atoms with E-state index in [1.54, 1.807) is 12.3 Å². The van der Waals surface area contributed by atoms with E-state index in [1.807, 2.05) is 13.0 Å². The summed E-state index contributed by atoms with van der Waals surface area (Å²) in [5.41, 5.74) is 0.886. The van der Waals surface area contributed by atoms with Crippen molar-refractivity contribution in [2.24, 2.45) is 5.92 Å². The molecule has 1 saturated carbocycles. The molecule has 3 rings (SSSR count). The van der Waals surface area contributed by atoms with Gasteiger partial charge in [0.05, 0.1) is 12.6 Å². The predicted octanol–water partition coefficient (Wildman–Crippen LogP) is -0.725. The molecule has 2 aromatic rings. The average molecular weight is 311 g/mol. The van der Waals surface area contributed by atoms with E-state index < -0.39 is 5.97 Å². The Morgan fingerprint density at radius 3 is 2.76 bits per heavy atom. The largest absolute Gasteiger partial charge is 1.00 e. The van der Waals surface area contributed by atoms with Crippen LogP contribution in [0.5, 0.6) is 5.75 Å². The summed E-state index contributed by atoms with van der Waals surface area (Å²) < 4.78 is 5.68. The normalized spacial score (nSPS) is 13.6. The molecule has 0 aliphatic heterocycles. The Hall–Kier alpha value is -0.880. The quantitative estimate of drug-likeness (QED) is 0.684. The Kier molecular flexibility index (Phi) is 5.43. The van der Waals surface area contributed by atoms with Gasteiger partial charge in [0.15, 0.2) is 0 Å². The van der Waals surface area contributed by atoms with Crippen molar-refractivity contribution < 1.29 is 44.2 Å². The van der Waals surface area contributed by atoms with Crippen LogP contribution in [0, 0.1) is 12.8 Å². The zero-order valence-electron chi connectivity index (χ0n) is 12.1. The molecule has 1 heterocycles. The fraction of sp³-hybridized carbons (Fsp3) is 0.333. The first-order chi connectivity index (χ1) is 9.61. The second-order valence-corrected chi connectivity index (χ2v) is 6.30. The Morgan fingerprint density at radius 1 is 1.43 bits per heavy atom. The van der Waals surface area contributed by atoms with Crippen LogP contribution in [0.15, 0.2) is 24.4 Å². The zero-order chi connectivity index (χ0) is 14.1. The standard InChI is InChI=1S/C15H15NO3S.Na/c1-9-7-16-14(20-9)11-4-12(15(17)18)6-13(5-11)19-8-10-2-3-10;/h4-7,10H,2-3,8H2,1H3,(H,17,18);/q;+1/p-1. The minimum absolute atomic E-state index is 0. The van der Waals surface area contributed by atoms with Crippen molar-refractivity contribution in [3.8, 4) is 16.3 Å². The third kappa shape index (κ3) is 4.30. The second-order valence-electron chi connectivity index (χ2n) is 5.06. The number of aromatic nitrogens is 1. The van der Waals surface area contributed by atoms with E-state index in [2.05, 4.69) is 4.98 Å². The number of carboxylic acids is 1. The molecule has 0 unspecified atom stereocenters. The molecule has 1 aliphatic carbocycles. The summed E-state index contributed by atoms with van der Waals surface area (Å²) in [6, 6.07) is 4.94. The summed E-state index contributed by atoms with van der Waals surface area (Å²) in [5, 5.41) is 11.9. The predicted molar refractivity (Wildman–Crippen MR) is 74.8 cm³/mol. The van der Waals surface area contributed by atoms with Crippen molar-refractivity contribution in [2.75, 3.05) is 6.61 Å². The van der Waals surface area contributed by atoms with Gasteiger partial charge in [-0.1, -0.05) is 0 Å². The number of aromatic carboxylic acids is 1. The van der Waals surface area contributed by atoms with Gasteiger partial charge in [-0.25, -0.2) is 4.98 Å². The molecule has 1 aliphatic rings. The van der Waals surface area contributed by atoms with Crippen LogP contribution in [0.3, 0.4) is 0 Å². The molecule has 0 N–H and O–H groups in total. The Labute approximate surface area is 149 Å². The third-order valence-corrected chi connectivity index (χ3v) is 4.15. The van der Waals surface area contributed by atoms with Crippen LogP contribution >= 0.6 is 11.3 Å². The average Bonchev–Trinajstić information content (AvgIpc) is 3.16. The fourth-order valence-corrected chi connectivity index (χ4v) is 2.66. The van der Waals surface area contributed by atoms with Gasteiger partial charge in [0.2, 0.25) is 0 Å². The van der Waals surface area contributed by atoms with Gasteiger partial charge in [-0.2, -0.15) is 0 Å². The molecule has 104 valence electrons. The minimum atomic E-state index is -1.20. The number of benzene rings is 1. The molecule has 0 saturated heterocycles. The molecule has 0 spiro atoms. The van der Waals surface area contributed by atoms with Gasteiger partial charge in [-0.05, 0) is 43.9 Å². The monoisotopic (exact) mass is 311 g/mol. The van der Waals surface area contributed by atoms with Crippen LogP contribution in [0.25, 0.3) is 10.6 Å². The molecule has 1 aromatic heterocycles. The number of carbonyl (C=O) groups excluding carboxylic acids is 1. The number of aryl methyl sites for hydroxylation is 1. The maximum Gasteiger partial charge on any atom is 1.00 e. The topological polar surface area (TPSA) is 62.2 Å². The van der Waals surface area contributed by atoms with Gasteiger partial charge in [0.25, 0.3) is 0 Å². The second kappa shape index (κ2) is 6.92. The van der Waals surface area contributed by atoms with Gasteiger partial charge in [0.1, 0.15) is 10.8 Å². The smallest absolute Gasteiger partial charge is 0.545 e. The summed E-state index contributed by atoms with van der Waals surface area (Å²) >= 11 is 1.53. The van der Waals surface area contributed by atoms with Crippen molar-refractivity contribution in [2.45, 2.75) is 19.8 Å². The van der Waals surface area contributed by atoms with Gasteiger partial charge in [-0.3, -0.25) is 0 Å². The summed E-state index contributed by atoms with van der Waals surface area (Å²) in [6.07, 6.45) is 4.16. The maximum absolute atomic E-state index is 11.1. The Balaban J connectivity index is 0.00000161. The van der Waals surface area contributed by atoms with E-state index in [-0.39, 0.29) is 35.1 Å². The molecule has 0 radical (unpaired) electrons. The van der Waals surface area contributed by atoms with Gasteiger partial charge in [0, 0.05) is 22.2 Å². The Bertz CT molecular complexity index is 652. The number of hydrogen-bond acceptors (Lipinski definition) is 5. The molecule has 0 amide bonds.